The van der Waals surface area contributed by atoms with Crippen LogP contribution in [0.15, 0.2) is 0 Å². The Bertz CT molecular complexity index is 808. The summed E-state index contributed by atoms with van der Waals surface area (Å²) < 4.78 is 107. The molecule has 0 aliphatic heterocycles. The second-order valence-electron chi connectivity index (χ2n) is 1.98. The van der Waals surface area contributed by atoms with Crippen molar-refractivity contribution in [3.05, 3.63) is 0 Å². The van der Waals surface area contributed by atoms with E-state index in [9.17, 15) is 30.3 Å². The predicted octanol–water partition coefficient (Wildman–Crippen LogP) is -8.43. The fourth-order valence-corrected chi connectivity index (χ4v) is 0. The molecular formula is CH13Cl10FK4Na2O12OsS4+2. The third-order valence-corrected chi connectivity index (χ3v) is 3.25. The summed E-state index contributed by atoms with van der Waals surface area (Å²) in [6, 6.07) is 0. The number of rotatable bonds is 1. The zero-order valence-corrected chi connectivity index (χ0v) is 47.9. The van der Waals surface area contributed by atoms with Gasteiger partial charge in [-0.25, -0.2) is 16.8 Å². The first-order valence-electron chi connectivity index (χ1n) is 5.92. The van der Waals surface area contributed by atoms with Crippen molar-refractivity contribution in [3.63, 3.8) is 0 Å². The molecule has 0 saturated heterocycles. The number of hydrogen-bond acceptors (Lipinski definition) is 10. The Kier molecular flexibility index (Phi) is 105. The van der Waals surface area contributed by atoms with Crippen molar-refractivity contribution in [2.24, 2.45) is 0 Å². The quantitative estimate of drug-likeness (QED) is 0.136. The molecule has 0 radical (unpaired) electrons. The van der Waals surface area contributed by atoms with Gasteiger partial charge in [-0.15, -0.1) is 12.4 Å². The van der Waals surface area contributed by atoms with Gasteiger partial charge >= 0.3 is 298 Å². The van der Waals surface area contributed by atoms with Crippen LogP contribution < -0.4 is 115 Å². The second kappa shape index (κ2) is 45.4. The molecule has 0 saturated carbocycles. The molecule has 0 atom stereocenters. The summed E-state index contributed by atoms with van der Waals surface area (Å²) in [5.41, 5.74) is 0. The zero-order chi connectivity index (χ0) is 27.3. The van der Waals surface area contributed by atoms with Crippen molar-refractivity contribution in [2.75, 3.05) is 7.15 Å². The molecule has 0 rings (SSSR count). The first-order chi connectivity index (χ1) is 12.8. The number of halogens is 11. The van der Waals surface area contributed by atoms with E-state index in [2.05, 4.69) is 21.7 Å². The van der Waals surface area contributed by atoms with Crippen molar-refractivity contribution < 1.29 is 188 Å². The van der Waals surface area contributed by atoms with Crippen LogP contribution in [-0.2, 0) is 43.5 Å². The molecule has 34 heteroatoms. The average Bonchev–Trinajstić information content (AvgIpc) is 2.49. The van der Waals surface area contributed by atoms with Gasteiger partial charge in [0.1, 0.15) is 0 Å². The van der Waals surface area contributed by atoms with Crippen molar-refractivity contribution in [1.29, 1.82) is 0 Å². The summed E-state index contributed by atoms with van der Waals surface area (Å²) in [7, 11) is 20.3. The maximum absolute atomic E-state index is 9.96. The first-order valence-corrected chi connectivity index (χ1v) is 55.2. The van der Waals surface area contributed by atoms with Gasteiger partial charge in [0, 0.05) is 21.7 Å². The van der Waals surface area contributed by atoms with Crippen molar-refractivity contribution >= 4 is 236 Å². The van der Waals surface area contributed by atoms with Gasteiger partial charge in [0.05, 0.1) is 8.52 Å². The van der Waals surface area contributed by atoms with Crippen LogP contribution in [-0.4, -0.2) is 168 Å². The van der Waals surface area contributed by atoms with Crippen LogP contribution in [0.3, 0.4) is 0 Å². The number of hydrogen-bond donors (Lipinski definition) is 0. The Morgan fingerprint density at radius 3 is 0.914 bits per heavy atom. The van der Waals surface area contributed by atoms with E-state index in [-0.39, 0.29) is 146 Å². The van der Waals surface area contributed by atoms with E-state index >= 15 is 0 Å². The van der Waals surface area contributed by atoms with Crippen LogP contribution >= 0.6 is 91.9 Å². The Morgan fingerprint density at radius 1 is 0.857 bits per heavy atom. The van der Waals surface area contributed by atoms with Gasteiger partial charge < -0.3 is 33.9 Å². The van der Waals surface area contributed by atoms with Gasteiger partial charge in [-0.2, -0.15) is 16.8 Å². The summed E-state index contributed by atoms with van der Waals surface area (Å²) in [6.07, 6.45) is 0. The first kappa shape index (κ1) is 80.8. The molecule has 0 amide bonds. The predicted molar refractivity (Wildman–Crippen MR) is 134 cm³/mol. The summed E-state index contributed by atoms with van der Waals surface area (Å²) >= 11 is 5.39. The Hall–Kier alpha value is 11.4. The van der Waals surface area contributed by atoms with E-state index in [4.69, 9.17) is 76.0 Å². The van der Waals surface area contributed by atoms with E-state index in [0.717, 1.165) is 0 Å². The van der Waals surface area contributed by atoms with E-state index in [0.29, 0.717) is 0 Å². The van der Waals surface area contributed by atoms with Crippen LogP contribution in [0.25, 0.3) is 0 Å². The molecule has 0 aromatic carbocycles. The van der Waals surface area contributed by atoms with E-state index in [1.165, 1.54) is 107 Å². The molecule has 0 heterocycles. The van der Waals surface area contributed by atoms with Crippen molar-refractivity contribution in [1.82, 2.24) is 0 Å². The minimum atomic E-state index is -5.67. The average molecular weight is 1110 g/mol. The molecule has 4 N–H and O–H groups in total. The fraction of sp³-hybridized carbons (Fsp3) is 1.00. The van der Waals surface area contributed by atoms with Crippen molar-refractivity contribution in [3.8, 4) is 0 Å². The molecule has 12 nitrogen and oxygen atoms in total. The normalized spacial score (nSPS) is 10.2. The maximum atomic E-state index is 9.96. The molecule has 0 aromatic rings. The second-order valence-corrected chi connectivity index (χ2v) is 63.6. The Labute approximate surface area is 416 Å². The summed E-state index contributed by atoms with van der Waals surface area (Å²) in [5.74, 6) is 0. The Morgan fingerprint density at radius 2 is 0.914 bits per heavy atom. The van der Waals surface area contributed by atoms with Crippen LogP contribution in [0.4, 0.5) is 4.39 Å². The summed E-state index contributed by atoms with van der Waals surface area (Å²) in [4.78, 5) is 0. The zero-order valence-electron chi connectivity index (χ0n) is 24.0. The molecule has 202 valence electrons. The molecule has 0 spiro atoms. The van der Waals surface area contributed by atoms with Crippen molar-refractivity contribution in [2.45, 2.75) is 0 Å². The van der Waals surface area contributed by atoms with Gasteiger partial charge in [-0.05, 0) is 0 Å². The van der Waals surface area contributed by atoms with Gasteiger partial charge in [0.15, 0.2) is 18.3 Å². The summed E-state index contributed by atoms with van der Waals surface area (Å²) in [6.45, 7) is -5.38. The third-order valence-electron chi connectivity index (χ3n) is 0.361. The molecule has 0 aromatic heterocycles. The van der Waals surface area contributed by atoms with Crippen LogP contribution in [0.1, 0.15) is 8.50 Å². The molecule has 35 heavy (non-hydrogen) atoms. The van der Waals surface area contributed by atoms with E-state index < -0.39 is 50.6 Å². The molecule has 0 aliphatic carbocycles. The monoisotopic (exact) mass is 1110 g/mol. The molecule has 0 aliphatic rings. The van der Waals surface area contributed by atoms with Gasteiger partial charge in [0.25, 0.3) is 0 Å². The van der Waals surface area contributed by atoms with E-state index in [1.807, 2.05) is 0 Å². The third kappa shape index (κ3) is 144. The summed E-state index contributed by atoms with van der Waals surface area (Å²) in [5, 5.41) is 0. The molecule has 0 unspecified atom stereocenters. The number of alkyl halides is 1. The van der Waals surface area contributed by atoms with E-state index in [1.54, 1.807) is 0 Å². The topological polar surface area (TPSA) is 246 Å². The van der Waals surface area contributed by atoms with Crippen LogP contribution in [0.5, 0.6) is 0 Å². The standard InChI is InChI=1S/CH3F.Cl2.8ClH.4K.2Na.H2O6S2.O4S2.2H2O.Os.H/c2*1-2;;;;;;;;;;;;;;;1-7(2,3)8(4,5)6;1-5(2)6(3)4;;;;/h1H3;;8*1H;;;;;;;(H,1,2,3)(H,4,5,6);;2*1H2;;/q;;;;;;;;;;;;2*+1;;;;;;;+6;-1/p-5/i1D;;;;;;;;;;;;;;;;;;;;;. The van der Waals surface area contributed by atoms with Crippen LogP contribution in [0, 0.1) is 0 Å². The molecule has 0 bridgehead atoms. The minimum absolute atomic E-state index is 0. The fourth-order valence-electron chi connectivity index (χ4n) is 0. The van der Waals surface area contributed by atoms with Gasteiger partial charge in [0.2, 0.25) is 0 Å². The Balaban J connectivity index is -0.00000000950. The molecular weight excluding hydrogens is 1100 g/mol. The van der Waals surface area contributed by atoms with Gasteiger partial charge in [-0.3, -0.25) is 4.39 Å². The van der Waals surface area contributed by atoms with Gasteiger partial charge in [-0.1, -0.05) is 0 Å². The SMILES string of the molecule is Cl.ClCl.O.O.O=S(=O)([O-])S(=O)(=O)[O-].O=S(=O)=S(=O)=O.[2H]CF.[Cl-].[Cl][Os]([Cl])([Cl])([Cl])([Cl])[Cl].[H+].[H+].[H+].[H+].[H-].[K+].[K+].[K][K].[Na][Na]. The molecule has 0 fully saturated rings. The van der Waals surface area contributed by atoms with Crippen LogP contribution in [0.2, 0.25) is 0 Å².